The summed E-state index contributed by atoms with van der Waals surface area (Å²) >= 11 is 0. The summed E-state index contributed by atoms with van der Waals surface area (Å²) in [6.07, 6.45) is 0. The van der Waals surface area contributed by atoms with Crippen LogP contribution in [0.15, 0.2) is 140 Å². The Morgan fingerprint density at radius 2 is 1.25 bits per heavy atom. The first-order valence-electron chi connectivity index (χ1n) is 11.4. The van der Waals surface area contributed by atoms with Crippen molar-refractivity contribution in [3.63, 3.8) is 0 Å². The monoisotopic (exact) mass is 513 g/mol. The fourth-order valence-electron chi connectivity index (χ4n) is 4.20. The number of methoxy groups -OCH3 is 2. The van der Waals surface area contributed by atoms with Gasteiger partial charge in [0.05, 0.1) is 19.1 Å². The van der Waals surface area contributed by atoms with E-state index in [4.69, 9.17) is 9.47 Å². The molecule has 0 saturated carbocycles. The number of hydrogen-bond acceptors (Lipinski definition) is 4. The Balaban J connectivity index is 1.85. The minimum absolute atomic E-state index is 0.150. The van der Waals surface area contributed by atoms with Gasteiger partial charge in [-0.1, -0.05) is 60.7 Å². The second-order valence-corrected chi connectivity index (χ2v) is 12.0. The van der Waals surface area contributed by atoms with Gasteiger partial charge in [-0.15, -0.1) is 0 Å². The van der Waals surface area contributed by atoms with Crippen LogP contribution in [-0.2, 0) is 20.7 Å². The van der Waals surface area contributed by atoms with Gasteiger partial charge in [0.1, 0.15) is 22.4 Å². The number of hydrogen-bond donors (Lipinski definition) is 0. The molecule has 0 amide bonds. The predicted molar refractivity (Wildman–Crippen MR) is 144 cm³/mol. The summed E-state index contributed by atoms with van der Waals surface area (Å²) in [5.41, 5.74) is 0. The van der Waals surface area contributed by atoms with E-state index in [0.29, 0.717) is 10.6 Å². The van der Waals surface area contributed by atoms with Crippen molar-refractivity contribution in [3.8, 4) is 11.5 Å². The van der Waals surface area contributed by atoms with Crippen LogP contribution in [0.5, 0.6) is 11.5 Å². The molecule has 5 aromatic rings. The zero-order valence-corrected chi connectivity index (χ0v) is 21.6. The maximum atomic E-state index is 14.1. The minimum Gasteiger partial charge on any atom is -0.496 e. The molecule has 1 atom stereocenters. The highest BCUT2D eigenvalue weighted by Crippen LogP contribution is 2.44. The summed E-state index contributed by atoms with van der Waals surface area (Å²) < 4.78 is 39.5. The van der Waals surface area contributed by atoms with Crippen molar-refractivity contribution in [3.05, 3.63) is 115 Å². The number of sulfone groups is 1. The van der Waals surface area contributed by atoms with E-state index in [2.05, 4.69) is 30.3 Å². The maximum Gasteiger partial charge on any atom is 0.215 e. The maximum absolute atomic E-state index is 14.1. The molecule has 0 fully saturated rings. The van der Waals surface area contributed by atoms with E-state index in [1.807, 2.05) is 48.5 Å². The third-order valence-electron chi connectivity index (χ3n) is 5.93. The molecule has 0 aromatic heterocycles. The van der Waals surface area contributed by atoms with Crippen LogP contribution < -0.4 is 9.47 Å². The first kappa shape index (κ1) is 24.0. The molecule has 0 aliphatic rings. The van der Waals surface area contributed by atoms with Crippen LogP contribution in [-0.4, -0.2) is 22.6 Å². The molecule has 5 aromatic carbocycles. The van der Waals surface area contributed by atoms with Crippen LogP contribution in [0.3, 0.4) is 0 Å². The van der Waals surface area contributed by atoms with E-state index < -0.39 is 20.7 Å². The van der Waals surface area contributed by atoms with Crippen molar-refractivity contribution in [2.45, 2.75) is 24.5 Å². The van der Waals surface area contributed by atoms with Gasteiger partial charge in [0, 0.05) is 18.2 Å². The third-order valence-corrected chi connectivity index (χ3v) is 10.1. The highest BCUT2D eigenvalue weighted by Gasteiger charge is 2.39. The minimum atomic E-state index is -3.91. The zero-order valence-electron chi connectivity index (χ0n) is 19.9. The Bertz CT molecular complexity index is 1620. The van der Waals surface area contributed by atoms with Crippen molar-refractivity contribution in [2.75, 3.05) is 14.2 Å². The first-order chi connectivity index (χ1) is 17.5. The standard InChI is InChI=1S/C30H25O4S2/c1-33-24-20-28(34-2)30(36(31,32)27-15-7-4-8-16-27)29(21-24)35(25-13-5-3-6-14-25)26-18-17-22-11-9-10-12-23(22)19-26/h3-21H,1-2H3/q+1. The smallest absolute Gasteiger partial charge is 0.215 e. The van der Waals surface area contributed by atoms with Crippen LogP contribution in [0, 0.1) is 0 Å². The van der Waals surface area contributed by atoms with Gasteiger partial charge in [-0.2, -0.15) is 0 Å². The summed E-state index contributed by atoms with van der Waals surface area (Å²) in [5, 5.41) is 2.21. The second-order valence-electron chi connectivity index (χ2n) is 8.10. The lowest BCUT2D eigenvalue weighted by Gasteiger charge is -2.17. The van der Waals surface area contributed by atoms with E-state index in [-0.39, 0.29) is 15.5 Å². The molecular formula is C30H25O4S2+. The SMILES string of the molecule is COc1cc(OC)c(S(=O)(=O)c2ccccc2)c([S+](c2ccccc2)c2ccc3ccccc3c2)c1. The van der Waals surface area contributed by atoms with Crippen molar-refractivity contribution >= 4 is 31.5 Å². The van der Waals surface area contributed by atoms with Crippen LogP contribution >= 0.6 is 0 Å². The molecule has 0 saturated heterocycles. The van der Waals surface area contributed by atoms with Crippen molar-refractivity contribution in [2.24, 2.45) is 0 Å². The first-order valence-corrected chi connectivity index (χ1v) is 14.1. The number of rotatable bonds is 7. The van der Waals surface area contributed by atoms with Gasteiger partial charge in [-0.3, -0.25) is 0 Å². The number of benzene rings is 5. The fourth-order valence-corrected chi connectivity index (χ4v) is 8.44. The number of ether oxygens (including phenoxy) is 2. The predicted octanol–water partition coefficient (Wildman–Crippen LogP) is 6.79. The third kappa shape index (κ3) is 4.45. The zero-order chi connectivity index (χ0) is 25.1. The van der Waals surface area contributed by atoms with Gasteiger partial charge >= 0.3 is 0 Å². The molecular weight excluding hydrogens is 488 g/mol. The lowest BCUT2D eigenvalue weighted by molar-refractivity contribution is 0.382. The Morgan fingerprint density at radius 1 is 0.611 bits per heavy atom. The van der Waals surface area contributed by atoms with Crippen LogP contribution in [0.25, 0.3) is 10.8 Å². The van der Waals surface area contributed by atoms with Gasteiger partial charge in [-0.25, -0.2) is 8.42 Å². The molecule has 180 valence electrons. The molecule has 5 rings (SSSR count). The summed E-state index contributed by atoms with van der Waals surface area (Å²) in [5.74, 6) is 0.783. The highest BCUT2D eigenvalue weighted by molar-refractivity contribution is 7.98. The summed E-state index contributed by atoms with van der Waals surface area (Å²) in [7, 11) is -1.62. The normalized spacial score (nSPS) is 12.3. The summed E-state index contributed by atoms with van der Waals surface area (Å²) in [6.45, 7) is 0. The molecule has 0 aliphatic carbocycles. The van der Waals surface area contributed by atoms with Crippen molar-refractivity contribution in [1.29, 1.82) is 0 Å². The average molecular weight is 514 g/mol. The molecule has 0 spiro atoms. The number of fused-ring (bicyclic) bond motifs is 1. The van der Waals surface area contributed by atoms with Gasteiger partial charge < -0.3 is 9.47 Å². The quantitative estimate of drug-likeness (QED) is 0.225. The van der Waals surface area contributed by atoms with E-state index >= 15 is 0 Å². The summed E-state index contributed by atoms with van der Waals surface area (Å²) in [4.78, 5) is 2.98. The fraction of sp³-hybridized carbons (Fsp3) is 0.0667. The largest absolute Gasteiger partial charge is 0.496 e. The molecule has 0 aliphatic heterocycles. The van der Waals surface area contributed by atoms with Gasteiger partial charge in [-0.05, 0) is 47.2 Å². The molecule has 36 heavy (non-hydrogen) atoms. The molecule has 0 radical (unpaired) electrons. The molecule has 1 unspecified atom stereocenters. The summed E-state index contributed by atoms with van der Waals surface area (Å²) in [6, 6.07) is 36.3. The van der Waals surface area contributed by atoms with E-state index in [9.17, 15) is 8.42 Å². The molecule has 4 nitrogen and oxygen atoms in total. The molecule has 6 heteroatoms. The van der Waals surface area contributed by atoms with E-state index in [1.165, 1.54) is 7.11 Å². The van der Waals surface area contributed by atoms with E-state index in [0.717, 1.165) is 20.6 Å². The average Bonchev–Trinajstić information content (AvgIpc) is 2.93. The van der Waals surface area contributed by atoms with Gasteiger partial charge in [0.25, 0.3) is 0 Å². The van der Waals surface area contributed by atoms with Gasteiger partial charge in [0.15, 0.2) is 19.6 Å². The van der Waals surface area contributed by atoms with Crippen LogP contribution in [0.2, 0.25) is 0 Å². The molecule has 0 bridgehead atoms. The Kier molecular flexibility index (Phi) is 6.72. The molecule has 0 heterocycles. The Morgan fingerprint density at radius 3 is 1.92 bits per heavy atom. The van der Waals surface area contributed by atoms with Crippen LogP contribution in [0.1, 0.15) is 0 Å². The topological polar surface area (TPSA) is 52.6 Å². The lowest BCUT2D eigenvalue weighted by Crippen LogP contribution is -2.14. The highest BCUT2D eigenvalue weighted by atomic mass is 32.2. The van der Waals surface area contributed by atoms with Crippen molar-refractivity contribution in [1.82, 2.24) is 0 Å². The van der Waals surface area contributed by atoms with Crippen molar-refractivity contribution < 1.29 is 17.9 Å². The van der Waals surface area contributed by atoms with E-state index in [1.54, 1.807) is 43.5 Å². The second kappa shape index (κ2) is 10.1. The lowest BCUT2D eigenvalue weighted by atomic mass is 10.1. The van der Waals surface area contributed by atoms with Crippen LogP contribution in [0.4, 0.5) is 0 Å². The van der Waals surface area contributed by atoms with Gasteiger partial charge in [0.2, 0.25) is 9.84 Å². The molecule has 0 N–H and O–H groups in total. The Labute approximate surface area is 214 Å². The Hall–Kier alpha value is -3.74.